The predicted molar refractivity (Wildman–Crippen MR) is 353 cm³/mol. The highest BCUT2D eigenvalue weighted by molar-refractivity contribution is 6.04. The molecule has 0 saturated carbocycles. The smallest absolute Gasteiger partial charge is 0.193 e. The first-order chi connectivity index (χ1) is 44.8. The van der Waals surface area contributed by atoms with Crippen LogP contribution in [0, 0.1) is 45.3 Å². The molecule has 4 N–H and O–H groups in total. The van der Waals surface area contributed by atoms with Crippen LogP contribution in [-0.2, 0) is 48.7 Å². The molecule has 4 heterocycles. The lowest BCUT2D eigenvalue weighted by atomic mass is 9.72. The topological polar surface area (TPSA) is 281 Å². The Kier molecular flexibility index (Phi) is 10.3. The lowest BCUT2D eigenvalue weighted by molar-refractivity contribution is 0.349. The van der Waals surface area contributed by atoms with E-state index in [1.165, 1.54) is 0 Å². The van der Waals surface area contributed by atoms with E-state index in [0.717, 1.165) is 66.8 Å². The fraction of sp³-hybridized carbons (Fsp3) is 0.342. The van der Waals surface area contributed by atoms with Gasteiger partial charge in [-0.1, -0.05) is 83.1 Å². The van der Waals surface area contributed by atoms with Gasteiger partial charge >= 0.3 is 0 Å². The average molecular weight is 1260 g/mol. The number of phenolic OH excluding ortho intramolecular Hbond substituents is 4. The van der Waals surface area contributed by atoms with Gasteiger partial charge in [0.15, 0.2) is 112 Å². The van der Waals surface area contributed by atoms with E-state index < -0.39 is 27.1 Å². The number of nitriles is 4. The molecule has 6 aliphatic rings. The van der Waals surface area contributed by atoms with Gasteiger partial charge in [-0.25, -0.2) is 0 Å². The van der Waals surface area contributed by atoms with Crippen molar-refractivity contribution >= 4 is 89.3 Å². The molecule has 2 unspecified atom stereocenters. The van der Waals surface area contributed by atoms with E-state index >= 15 is 0 Å². The van der Waals surface area contributed by atoms with Gasteiger partial charge < -0.3 is 55.8 Å². The van der Waals surface area contributed by atoms with Crippen LogP contribution in [0.25, 0.3) is 89.3 Å². The Labute approximate surface area is 543 Å². The molecule has 0 aliphatic heterocycles. The summed E-state index contributed by atoms with van der Waals surface area (Å²) in [5, 5.41) is 87.7. The van der Waals surface area contributed by atoms with Crippen molar-refractivity contribution in [2.75, 3.05) is 0 Å². The van der Waals surface area contributed by atoms with Gasteiger partial charge in [0.05, 0.1) is 0 Å². The van der Waals surface area contributed by atoms with Crippen molar-refractivity contribution in [3.05, 3.63) is 162 Å². The number of phenols is 4. The molecule has 472 valence electrons. The molecule has 8 aromatic carbocycles. The summed E-state index contributed by atoms with van der Waals surface area (Å²) >= 11 is 0. The maximum Gasteiger partial charge on any atom is 0.193 e. The van der Waals surface area contributed by atoms with Crippen LogP contribution in [0.1, 0.15) is 211 Å². The fourth-order valence-electron chi connectivity index (χ4n) is 20.0. The van der Waals surface area contributed by atoms with E-state index in [4.69, 9.17) is 35.3 Å². The molecular weight excluding hydrogens is 1200 g/mol. The SMILES string of the molecule is CC1(C)CC2(CC(C)(C)c3cc4oc5c(C#N)c6oc7cc8c(cc7oc6c(C#N)c5oc4cc32)C(C)(C)CC82CC(C)(C)c3cc4oc5c(C#N)c6oc7cc8c(cc7oc6c(C#N)c5oc4cc32)C(C)(C)CC82CC(C)(C)c3cc(O)c(O)cc32)c2cc(O)c(O)cc21. The molecule has 2 atom stereocenters. The molecule has 95 heavy (non-hydrogen) atoms. The molecule has 0 radical (unpaired) electrons. The molecule has 16 heteroatoms. The van der Waals surface area contributed by atoms with E-state index in [9.17, 15) is 41.5 Å². The molecule has 0 saturated heterocycles. The summed E-state index contributed by atoms with van der Waals surface area (Å²) in [7, 11) is 0. The second kappa shape index (κ2) is 17.2. The van der Waals surface area contributed by atoms with Gasteiger partial charge in [-0.3, -0.25) is 0 Å². The molecule has 0 amide bonds. The first-order valence-corrected chi connectivity index (χ1v) is 32.2. The molecule has 4 aromatic heterocycles. The van der Waals surface area contributed by atoms with Crippen molar-refractivity contribution < 1.29 is 55.8 Å². The van der Waals surface area contributed by atoms with E-state index in [1.807, 2.05) is 48.5 Å². The first-order valence-electron chi connectivity index (χ1n) is 32.2. The summed E-state index contributed by atoms with van der Waals surface area (Å²) in [5.74, 6) is -0.695. The fourth-order valence-corrected chi connectivity index (χ4v) is 20.0. The predicted octanol–water partition coefficient (Wildman–Crippen LogP) is 19.2. The van der Waals surface area contributed by atoms with Gasteiger partial charge in [-0.15, -0.1) is 0 Å². The summed E-state index contributed by atoms with van der Waals surface area (Å²) in [5.41, 5.74) is 10.7. The molecule has 12 aromatic rings. The summed E-state index contributed by atoms with van der Waals surface area (Å²) < 4.78 is 54.5. The van der Waals surface area contributed by atoms with Crippen LogP contribution in [0.4, 0.5) is 0 Å². The van der Waals surface area contributed by atoms with Crippen molar-refractivity contribution in [2.24, 2.45) is 0 Å². The number of hydrogen-bond donors (Lipinski definition) is 4. The maximum atomic E-state index is 11.2. The maximum absolute atomic E-state index is 11.2. The van der Waals surface area contributed by atoms with Crippen LogP contribution in [0.15, 0.2) is 108 Å². The van der Waals surface area contributed by atoms with E-state index in [-0.39, 0.29) is 112 Å². The third-order valence-electron chi connectivity index (χ3n) is 23.3. The van der Waals surface area contributed by atoms with Crippen LogP contribution in [-0.4, -0.2) is 20.4 Å². The van der Waals surface area contributed by atoms with Gasteiger partial charge in [-0.2, -0.15) is 21.0 Å². The van der Waals surface area contributed by atoms with Gasteiger partial charge in [-0.05, 0) is 211 Å². The highest BCUT2D eigenvalue weighted by Gasteiger charge is 2.60. The monoisotopic (exact) mass is 1260 g/mol. The molecule has 3 spiro atoms. The van der Waals surface area contributed by atoms with E-state index in [1.54, 1.807) is 24.3 Å². The van der Waals surface area contributed by atoms with Crippen molar-refractivity contribution in [3.8, 4) is 47.3 Å². The van der Waals surface area contributed by atoms with Crippen LogP contribution in [0.2, 0.25) is 0 Å². The highest BCUT2D eigenvalue weighted by atomic mass is 16.4. The second-order valence-corrected chi connectivity index (χ2v) is 32.2. The minimum atomic E-state index is -0.649. The van der Waals surface area contributed by atoms with Gasteiger partial charge in [0, 0.05) is 16.2 Å². The van der Waals surface area contributed by atoms with Crippen molar-refractivity contribution in [1.82, 2.24) is 0 Å². The number of hydrogen-bond acceptors (Lipinski definition) is 16. The Bertz CT molecular complexity index is 5650. The zero-order chi connectivity index (χ0) is 66.5. The Hall–Kier alpha value is -10.7. The highest BCUT2D eigenvalue weighted by Crippen LogP contribution is 2.68. The zero-order valence-corrected chi connectivity index (χ0v) is 54.5. The third-order valence-corrected chi connectivity index (χ3v) is 23.3. The Morgan fingerprint density at radius 1 is 0.242 bits per heavy atom. The Morgan fingerprint density at radius 3 is 0.547 bits per heavy atom. The summed E-state index contributed by atoms with van der Waals surface area (Å²) in [6.07, 6.45) is 4.14. The van der Waals surface area contributed by atoms with Gasteiger partial charge in [0.1, 0.15) is 46.5 Å². The second-order valence-electron chi connectivity index (χ2n) is 32.2. The number of fused-ring (bicyclic) bond motifs is 20. The normalized spacial score (nSPS) is 22.8. The Morgan fingerprint density at radius 2 is 0.379 bits per heavy atom. The largest absolute Gasteiger partial charge is 0.504 e. The summed E-state index contributed by atoms with van der Waals surface area (Å²) in [6, 6.07) is 31.8. The minimum absolute atomic E-state index is 0.0113. The van der Waals surface area contributed by atoms with Crippen molar-refractivity contribution in [3.63, 3.8) is 0 Å². The molecular formula is C79H64N4O12. The van der Waals surface area contributed by atoms with Crippen molar-refractivity contribution in [2.45, 2.75) is 170 Å². The van der Waals surface area contributed by atoms with Crippen LogP contribution < -0.4 is 0 Å². The standard InChI is InChI=1S/C79H64N4O12/c1-71(2)29-77(45-15-53(86)51(84)13-39(45)71)31-73(5,6)41-17-55-59(21-47(41)77)92-67-35(25-80)65-69(37(27-82)63(67)88-55)94-61-23-49-43(19-57(61)90-65)75(9,10)33-79(49)34-76(11,12)44-20-58-62(24-50(44)79)95-70-38(28-83)64-68(36(26-81)66(70)91-58)93-60-22-48-42(18-56(60)89-64)74(7,8)32-78(48)30-72(3,4)40-14-52(85)54(87)16-46(40)78/h13-24,84-87H,29-34H2,1-12H3. The van der Waals surface area contributed by atoms with Crippen LogP contribution in [0.3, 0.4) is 0 Å². The third kappa shape index (κ3) is 6.96. The lowest BCUT2D eigenvalue weighted by Gasteiger charge is -2.30. The summed E-state index contributed by atoms with van der Waals surface area (Å²) in [4.78, 5) is 0. The number of benzene rings is 8. The Balaban J connectivity index is 0.788. The minimum Gasteiger partial charge on any atom is -0.504 e. The average Bonchev–Trinajstić information content (AvgIpc) is 1.53. The van der Waals surface area contributed by atoms with Crippen LogP contribution in [0.5, 0.6) is 23.0 Å². The lowest BCUT2D eigenvalue weighted by Crippen LogP contribution is -2.27. The van der Waals surface area contributed by atoms with Crippen LogP contribution >= 0.6 is 0 Å². The molecule has 6 aliphatic carbocycles. The number of nitrogens with zero attached hydrogens (tertiary/aromatic N) is 4. The molecule has 18 rings (SSSR count). The van der Waals surface area contributed by atoms with E-state index in [2.05, 4.69) is 107 Å². The van der Waals surface area contributed by atoms with Gasteiger partial charge in [0.2, 0.25) is 0 Å². The van der Waals surface area contributed by atoms with E-state index in [0.29, 0.717) is 83.2 Å². The molecule has 0 bridgehead atoms. The summed E-state index contributed by atoms with van der Waals surface area (Å²) in [6.45, 7) is 26.1. The zero-order valence-electron chi connectivity index (χ0n) is 54.5. The molecule has 16 nitrogen and oxygen atoms in total. The number of rotatable bonds is 0. The first kappa shape index (κ1) is 57.0. The van der Waals surface area contributed by atoms with Gasteiger partial charge in [0.25, 0.3) is 0 Å². The van der Waals surface area contributed by atoms with Crippen molar-refractivity contribution in [1.29, 1.82) is 21.0 Å². The molecule has 0 fully saturated rings. The number of aromatic hydroxyl groups is 4. The quantitative estimate of drug-likeness (QED) is 0.0811.